The van der Waals surface area contributed by atoms with E-state index in [0.29, 0.717) is 0 Å². The maximum atomic E-state index is 11.4. The molecule has 0 saturated heterocycles. The predicted octanol–water partition coefficient (Wildman–Crippen LogP) is 6.03. The van der Waals surface area contributed by atoms with Crippen LogP contribution in [0.1, 0.15) is 59.4 Å². The van der Waals surface area contributed by atoms with Crippen molar-refractivity contribution >= 4 is 27.2 Å². The normalized spacial score (nSPS) is 17.1. The average Bonchev–Trinajstić information content (AvgIpc) is 2.87. The molecule has 0 heterocycles. The number of hydrogen-bond donors (Lipinski definition) is 1. The molecule has 1 aromatic rings. The quantitative estimate of drug-likeness (QED) is 0.468. The first-order valence-electron chi connectivity index (χ1n) is 9.10. The summed E-state index contributed by atoms with van der Waals surface area (Å²) >= 11 is 5.91. The molecular formula is C23H30ClNO2S. The van der Waals surface area contributed by atoms with Gasteiger partial charge in [-0.2, -0.15) is 0 Å². The van der Waals surface area contributed by atoms with E-state index in [1.54, 1.807) is 19.1 Å². The van der Waals surface area contributed by atoms with Crippen molar-refractivity contribution in [2.24, 2.45) is 10.6 Å². The lowest BCUT2D eigenvalue weighted by atomic mass is 9.88. The largest absolute Gasteiger partial charge is 0.238 e. The lowest BCUT2D eigenvalue weighted by molar-refractivity contribution is 0.395. The maximum Gasteiger partial charge on any atom is 0.238 e. The van der Waals surface area contributed by atoms with Gasteiger partial charge in [0, 0.05) is 5.03 Å². The number of allylic oxidation sites excluding steroid dienone is 6. The number of primary sulfonamides is 1. The summed E-state index contributed by atoms with van der Waals surface area (Å²) in [5, 5.41) is 5.95. The minimum Gasteiger partial charge on any atom is -0.225 e. The minimum atomic E-state index is -3.66. The predicted molar refractivity (Wildman–Crippen MR) is 120 cm³/mol. The summed E-state index contributed by atoms with van der Waals surface area (Å²) in [4.78, 5) is 0.148. The zero-order valence-corrected chi connectivity index (χ0v) is 18.9. The summed E-state index contributed by atoms with van der Waals surface area (Å²) in [6.45, 7) is 10.2. The van der Waals surface area contributed by atoms with Crippen molar-refractivity contribution in [3.8, 4) is 12.3 Å². The van der Waals surface area contributed by atoms with Gasteiger partial charge in [0.1, 0.15) is 0 Å². The second-order valence-corrected chi connectivity index (χ2v) is 10.1. The number of nitrogens with two attached hydrogens (primary N) is 1. The van der Waals surface area contributed by atoms with Crippen molar-refractivity contribution in [1.82, 2.24) is 0 Å². The zero-order chi connectivity index (χ0) is 21.5. The SMILES string of the molecule is C#CC.C/C(Cl)=C\C=C(/C)CC1=C(c2ccc(S(N)(=O)=O)cc2)CC(C)(C)C1. The Balaban J connectivity index is 0.00000122. The fourth-order valence-electron chi connectivity index (χ4n) is 3.32. The summed E-state index contributed by atoms with van der Waals surface area (Å²) in [7, 11) is -3.66. The van der Waals surface area contributed by atoms with E-state index < -0.39 is 10.0 Å². The Morgan fingerprint density at radius 1 is 1.21 bits per heavy atom. The Morgan fingerprint density at radius 3 is 2.21 bits per heavy atom. The maximum absolute atomic E-state index is 11.4. The zero-order valence-electron chi connectivity index (χ0n) is 17.3. The smallest absolute Gasteiger partial charge is 0.225 e. The Labute approximate surface area is 175 Å². The summed E-state index contributed by atoms with van der Waals surface area (Å²) in [5.74, 6) is 2.25. The van der Waals surface area contributed by atoms with E-state index in [2.05, 4.69) is 39.2 Å². The molecule has 0 aromatic heterocycles. The second kappa shape index (κ2) is 10.1. The topological polar surface area (TPSA) is 60.2 Å². The van der Waals surface area contributed by atoms with Gasteiger partial charge in [0.2, 0.25) is 10.0 Å². The molecule has 0 saturated carbocycles. The third-order valence-corrected chi connectivity index (χ3v) is 5.45. The van der Waals surface area contributed by atoms with E-state index in [9.17, 15) is 8.42 Å². The highest BCUT2D eigenvalue weighted by Crippen LogP contribution is 2.47. The third-order valence-electron chi connectivity index (χ3n) is 4.40. The van der Waals surface area contributed by atoms with E-state index in [-0.39, 0.29) is 10.3 Å². The monoisotopic (exact) mass is 419 g/mol. The van der Waals surface area contributed by atoms with E-state index in [1.807, 2.05) is 25.1 Å². The fraction of sp³-hybridized carbons (Fsp3) is 0.391. The molecule has 0 spiro atoms. The van der Waals surface area contributed by atoms with Gasteiger partial charge >= 0.3 is 0 Å². The van der Waals surface area contributed by atoms with Gasteiger partial charge in [0.15, 0.2) is 0 Å². The highest BCUT2D eigenvalue weighted by molar-refractivity contribution is 7.89. The van der Waals surface area contributed by atoms with Crippen LogP contribution in [0.5, 0.6) is 0 Å². The standard InChI is InChI=1S/C20H26ClNO2S.C3H4/c1-14(5-6-15(2)21)11-17-12-20(3,4)13-19(17)16-7-9-18(10-8-16)25(22,23)24;1-3-2/h5-10H,11-13H2,1-4H3,(H2,22,23,24);1H,2H3/b14-5+,15-6+;. The van der Waals surface area contributed by atoms with Gasteiger partial charge in [0.05, 0.1) is 4.90 Å². The molecule has 0 bridgehead atoms. The van der Waals surface area contributed by atoms with Crippen molar-refractivity contribution in [1.29, 1.82) is 0 Å². The Morgan fingerprint density at radius 2 is 1.75 bits per heavy atom. The van der Waals surface area contributed by atoms with Crippen LogP contribution in [-0.2, 0) is 10.0 Å². The fourth-order valence-corrected chi connectivity index (χ4v) is 3.90. The van der Waals surface area contributed by atoms with Crippen LogP contribution in [0.2, 0.25) is 0 Å². The molecule has 3 nitrogen and oxygen atoms in total. The van der Waals surface area contributed by atoms with Gasteiger partial charge in [-0.1, -0.05) is 54.8 Å². The van der Waals surface area contributed by atoms with Crippen molar-refractivity contribution in [2.75, 3.05) is 0 Å². The number of hydrogen-bond acceptors (Lipinski definition) is 2. The highest BCUT2D eigenvalue weighted by Gasteiger charge is 2.31. The van der Waals surface area contributed by atoms with Gasteiger partial charge < -0.3 is 0 Å². The second-order valence-electron chi connectivity index (χ2n) is 7.90. The minimum absolute atomic E-state index is 0.148. The number of sulfonamides is 1. The molecule has 1 aliphatic rings. The highest BCUT2D eigenvalue weighted by atomic mass is 35.5. The van der Waals surface area contributed by atoms with Crippen molar-refractivity contribution in [3.05, 3.63) is 58.2 Å². The Hall–Kier alpha value is -1.80. The molecule has 1 aliphatic carbocycles. The average molecular weight is 420 g/mol. The van der Waals surface area contributed by atoms with Gasteiger partial charge in [-0.05, 0) is 74.8 Å². The molecule has 0 aliphatic heterocycles. The van der Waals surface area contributed by atoms with Crippen LogP contribution in [0.25, 0.3) is 5.57 Å². The van der Waals surface area contributed by atoms with Crippen LogP contribution < -0.4 is 5.14 Å². The molecule has 152 valence electrons. The van der Waals surface area contributed by atoms with Crippen molar-refractivity contribution in [3.63, 3.8) is 0 Å². The van der Waals surface area contributed by atoms with Crippen LogP contribution in [0.3, 0.4) is 0 Å². The molecule has 5 heteroatoms. The van der Waals surface area contributed by atoms with Gasteiger partial charge in [0.25, 0.3) is 0 Å². The number of halogens is 1. The van der Waals surface area contributed by atoms with E-state index in [0.717, 1.165) is 29.9 Å². The summed E-state index contributed by atoms with van der Waals surface area (Å²) in [6, 6.07) is 6.89. The van der Waals surface area contributed by atoms with E-state index in [4.69, 9.17) is 16.7 Å². The molecule has 0 radical (unpaired) electrons. The number of benzene rings is 1. The Bertz CT molecular complexity index is 924. The number of terminal acetylenes is 1. The van der Waals surface area contributed by atoms with Gasteiger partial charge in [-0.15, -0.1) is 12.3 Å². The molecule has 2 N–H and O–H groups in total. The molecule has 28 heavy (non-hydrogen) atoms. The van der Waals surface area contributed by atoms with Crippen LogP contribution in [0, 0.1) is 17.8 Å². The first-order valence-corrected chi connectivity index (χ1v) is 11.0. The first kappa shape index (κ1) is 24.2. The molecule has 2 rings (SSSR count). The van der Waals surface area contributed by atoms with Crippen molar-refractivity contribution < 1.29 is 8.42 Å². The van der Waals surface area contributed by atoms with Crippen LogP contribution >= 0.6 is 11.6 Å². The molecule has 0 fully saturated rings. The summed E-state index contributed by atoms with van der Waals surface area (Å²) < 4.78 is 22.9. The van der Waals surface area contributed by atoms with Gasteiger partial charge in [-0.3, -0.25) is 0 Å². The lowest BCUT2D eigenvalue weighted by Crippen LogP contribution is -2.11. The molecule has 0 unspecified atom stereocenters. The molecule has 1 aromatic carbocycles. The van der Waals surface area contributed by atoms with Crippen molar-refractivity contribution in [2.45, 2.75) is 58.8 Å². The molecule has 0 atom stereocenters. The van der Waals surface area contributed by atoms with Crippen LogP contribution in [0.4, 0.5) is 0 Å². The molecule has 0 amide bonds. The van der Waals surface area contributed by atoms with E-state index in [1.165, 1.54) is 16.7 Å². The van der Waals surface area contributed by atoms with E-state index >= 15 is 0 Å². The third kappa shape index (κ3) is 7.67. The summed E-state index contributed by atoms with van der Waals surface area (Å²) in [5.41, 5.74) is 5.26. The first-order chi connectivity index (χ1) is 12.9. The lowest BCUT2D eigenvalue weighted by Gasteiger charge is -2.17. The van der Waals surface area contributed by atoms with Crippen LogP contribution in [0.15, 0.2) is 57.5 Å². The number of rotatable bonds is 5. The molecular weight excluding hydrogens is 390 g/mol. The Kier molecular flexibility index (Phi) is 8.75. The van der Waals surface area contributed by atoms with Crippen LogP contribution in [-0.4, -0.2) is 8.42 Å². The summed E-state index contributed by atoms with van der Waals surface area (Å²) in [6.07, 6.45) is 11.5. The van der Waals surface area contributed by atoms with Gasteiger partial charge in [-0.25, -0.2) is 13.6 Å².